The van der Waals surface area contributed by atoms with Crippen molar-refractivity contribution in [1.29, 1.82) is 0 Å². The molecule has 0 saturated carbocycles. The maximum Gasteiger partial charge on any atom is 0.274 e. The summed E-state index contributed by atoms with van der Waals surface area (Å²) in [6.45, 7) is 2.55. The van der Waals surface area contributed by atoms with Crippen molar-refractivity contribution < 1.29 is 13.2 Å². The van der Waals surface area contributed by atoms with E-state index >= 15 is 0 Å². The monoisotopic (exact) mass is 431 g/mol. The maximum atomic E-state index is 13.1. The molecule has 4 rings (SSSR count). The Bertz CT molecular complexity index is 1150. The minimum Gasteiger partial charge on any atom is -0.346 e. The van der Waals surface area contributed by atoms with Gasteiger partial charge in [-0.1, -0.05) is 6.07 Å². The summed E-state index contributed by atoms with van der Waals surface area (Å²) in [7, 11) is -3.18. The number of hydrogen-bond donors (Lipinski definition) is 1. The smallest absolute Gasteiger partial charge is 0.274 e. The standard InChI is InChI=1S/C19H21N5O3S2/c1-12(14-5-3-4-8-20-14)21-19-22-15-7-10-28-17(15)16(23-19)18(25)24-9-6-13(11-24)29(2,26)27/h3-5,7-8,10,12-13H,6,9,11H2,1-2H3,(H,21,22,23)/t12-,13+/m0/s1. The van der Waals surface area contributed by atoms with Gasteiger partial charge in [-0.3, -0.25) is 9.78 Å². The van der Waals surface area contributed by atoms with Crippen LogP contribution in [0.3, 0.4) is 0 Å². The zero-order chi connectivity index (χ0) is 20.6. The molecule has 1 fully saturated rings. The van der Waals surface area contributed by atoms with E-state index in [0.717, 1.165) is 5.69 Å². The van der Waals surface area contributed by atoms with Gasteiger partial charge in [0.1, 0.15) is 0 Å². The van der Waals surface area contributed by atoms with Crippen LogP contribution in [-0.2, 0) is 9.84 Å². The summed E-state index contributed by atoms with van der Waals surface area (Å²) in [4.78, 5) is 28.1. The van der Waals surface area contributed by atoms with Crippen LogP contribution in [0, 0.1) is 0 Å². The lowest BCUT2D eigenvalue weighted by Gasteiger charge is -2.18. The summed E-state index contributed by atoms with van der Waals surface area (Å²) < 4.78 is 24.4. The molecule has 1 aliphatic heterocycles. The minimum atomic E-state index is -3.18. The first-order chi connectivity index (χ1) is 13.8. The van der Waals surface area contributed by atoms with Crippen LogP contribution in [0.4, 0.5) is 5.95 Å². The van der Waals surface area contributed by atoms with Crippen LogP contribution in [0.15, 0.2) is 35.8 Å². The van der Waals surface area contributed by atoms with E-state index in [1.165, 1.54) is 17.6 Å². The minimum absolute atomic E-state index is 0.142. The number of hydrogen-bond acceptors (Lipinski definition) is 8. The van der Waals surface area contributed by atoms with E-state index in [4.69, 9.17) is 0 Å². The van der Waals surface area contributed by atoms with E-state index in [-0.39, 0.29) is 18.5 Å². The second kappa shape index (κ2) is 7.68. The van der Waals surface area contributed by atoms with Gasteiger partial charge in [0.2, 0.25) is 5.95 Å². The zero-order valence-corrected chi connectivity index (χ0v) is 17.7. The Morgan fingerprint density at radius 2 is 2.14 bits per heavy atom. The van der Waals surface area contributed by atoms with Crippen molar-refractivity contribution in [3.63, 3.8) is 0 Å². The van der Waals surface area contributed by atoms with Crippen LogP contribution < -0.4 is 5.32 Å². The van der Waals surface area contributed by atoms with Crippen LogP contribution in [0.5, 0.6) is 0 Å². The lowest BCUT2D eigenvalue weighted by molar-refractivity contribution is 0.0789. The number of fused-ring (bicyclic) bond motifs is 1. The highest BCUT2D eigenvalue weighted by Gasteiger charge is 2.34. The maximum absolute atomic E-state index is 13.1. The van der Waals surface area contributed by atoms with Gasteiger partial charge in [0, 0.05) is 25.5 Å². The molecule has 29 heavy (non-hydrogen) atoms. The molecule has 0 aromatic carbocycles. The first-order valence-corrected chi connectivity index (χ1v) is 12.1. The number of nitrogens with zero attached hydrogens (tertiary/aromatic N) is 4. The molecule has 0 radical (unpaired) electrons. The molecule has 1 saturated heterocycles. The topological polar surface area (TPSA) is 105 Å². The van der Waals surface area contributed by atoms with Gasteiger partial charge in [0.15, 0.2) is 15.5 Å². The Hall–Kier alpha value is -2.59. The van der Waals surface area contributed by atoms with E-state index in [2.05, 4.69) is 20.3 Å². The molecule has 3 aromatic heterocycles. The zero-order valence-electron chi connectivity index (χ0n) is 16.1. The second-order valence-electron chi connectivity index (χ2n) is 7.14. The molecule has 4 heterocycles. The summed E-state index contributed by atoms with van der Waals surface area (Å²) in [5, 5.41) is 4.56. The summed E-state index contributed by atoms with van der Waals surface area (Å²) >= 11 is 1.40. The molecule has 152 valence electrons. The van der Waals surface area contributed by atoms with Crippen LogP contribution in [0.1, 0.15) is 35.6 Å². The van der Waals surface area contributed by atoms with E-state index in [1.54, 1.807) is 11.1 Å². The van der Waals surface area contributed by atoms with Crippen molar-refractivity contribution in [1.82, 2.24) is 19.9 Å². The number of anilines is 1. The molecule has 1 amide bonds. The fourth-order valence-electron chi connectivity index (χ4n) is 3.38. The highest BCUT2D eigenvalue weighted by atomic mass is 32.2. The number of carbonyl (C=O) groups excluding carboxylic acids is 1. The Kier molecular flexibility index (Phi) is 5.22. The first kappa shape index (κ1) is 19.7. The predicted molar refractivity (Wildman–Crippen MR) is 113 cm³/mol. The Balaban J connectivity index is 1.62. The number of likely N-dealkylation sites (tertiary alicyclic amines) is 1. The fraction of sp³-hybridized carbons (Fsp3) is 0.368. The summed E-state index contributed by atoms with van der Waals surface area (Å²) in [5.74, 6) is 0.0794. The SMILES string of the molecule is C[C@H](Nc1nc(C(=O)N2CC[C@@H](S(C)(=O)=O)C2)c2sccc2n1)c1ccccn1. The van der Waals surface area contributed by atoms with E-state index < -0.39 is 15.1 Å². The molecule has 0 bridgehead atoms. The Morgan fingerprint density at radius 1 is 1.31 bits per heavy atom. The second-order valence-corrected chi connectivity index (χ2v) is 10.4. The van der Waals surface area contributed by atoms with Gasteiger partial charge in [-0.05, 0) is 36.9 Å². The lowest BCUT2D eigenvalue weighted by Crippen LogP contribution is -2.32. The Morgan fingerprint density at radius 3 is 2.83 bits per heavy atom. The van der Waals surface area contributed by atoms with E-state index in [0.29, 0.717) is 34.8 Å². The highest BCUT2D eigenvalue weighted by Crippen LogP contribution is 2.27. The van der Waals surface area contributed by atoms with Crippen molar-refractivity contribution in [2.24, 2.45) is 0 Å². The van der Waals surface area contributed by atoms with Gasteiger partial charge in [-0.15, -0.1) is 11.3 Å². The van der Waals surface area contributed by atoms with E-state index in [1.807, 2.05) is 36.6 Å². The normalized spacial score (nSPS) is 18.1. The quantitative estimate of drug-likeness (QED) is 0.662. The van der Waals surface area contributed by atoms with Crippen molar-refractivity contribution >= 4 is 43.2 Å². The average Bonchev–Trinajstić information content (AvgIpc) is 3.37. The number of sulfone groups is 1. The van der Waals surface area contributed by atoms with Crippen molar-refractivity contribution in [3.8, 4) is 0 Å². The molecule has 0 spiro atoms. The molecule has 0 aliphatic carbocycles. The third kappa shape index (κ3) is 4.08. The van der Waals surface area contributed by atoms with Crippen molar-refractivity contribution in [3.05, 3.63) is 47.2 Å². The number of pyridine rings is 1. The van der Waals surface area contributed by atoms with Gasteiger partial charge >= 0.3 is 0 Å². The van der Waals surface area contributed by atoms with Crippen molar-refractivity contribution in [2.45, 2.75) is 24.6 Å². The van der Waals surface area contributed by atoms with Gasteiger partial charge in [-0.2, -0.15) is 0 Å². The summed E-state index contributed by atoms with van der Waals surface area (Å²) in [6.07, 6.45) is 3.39. The third-order valence-electron chi connectivity index (χ3n) is 5.02. The largest absolute Gasteiger partial charge is 0.346 e. The predicted octanol–water partition coefficient (Wildman–Crippen LogP) is 2.52. The molecule has 0 unspecified atom stereocenters. The van der Waals surface area contributed by atoms with E-state index in [9.17, 15) is 13.2 Å². The number of amides is 1. The number of carbonyl (C=O) groups is 1. The molecule has 1 aliphatic rings. The highest BCUT2D eigenvalue weighted by molar-refractivity contribution is 7.91. The molecular formula is C19H21N5O3S2. The first-order valence-electron chi connectivity index (χ1n) is 9.24. The number of rotatable bonds is 5. The molecule has 8 nitrogen and oxygen atoms in total. The Labute approximate surface area is 172 Å². The summed E-state index contributed by atoms with van der Waals surface area (Å²) in [6, 6.07) is 7.36. The van der Waals surface area contributed by atoms with Crippen LogP contribution in [-0.4, -0.2) is 58.8 Å². The van der Waals surface area contributed by atoms with Crippen molar-refractivity contribution in [2.75, 3.05) is 24.7 Å². The lowest BCUT2D eigenvalue weighted by atomic mass is 10.2. The van der Waals surface area contributed by atoms with Gasteiger partial charge in [0.05, 0.1) is 27.2 Å². The average molecular weight is 432 g/mol. The number of nitrogens with one attached hydrogen (secondary N) is 1. The van der Waals surface area contributed by atoms with Crippen LogP contribution >= 0.6 is 11.3 Å². The van der Waals surface area contributed by atoms with Crippen LogP contribution in [0.25, 0.3) is 10.2 Å². The van der Waals surface area contributed by atoms with Gasteiger partial charge in [-0.25, -0.2) is 18.4 Å². The molecule has 1 N–H and O–H groups in total. The third-order valence-corrected chi connectivity index (χ3v) is 7.53. The number of aromatic nitrogens is 3. The fourth-order valence-corrected chi connectivity index (χ4v) is 5.18. The molecule has 10 heteroatoms. The molecule has 3 aromatic rings. The van der Waals surface area contributed by atoms with Crippen LogP contribution in [0.2, 0.25) is 0 Å². The molecule has 2 atom stereocenters. The number of thiophene rings is 1. The van der Waals surface area contributed by atoms with Gasteiger partial charge in [0.25, 0.3) is 5.91 Å². The summed E-state index contributed by atoms with van der Waals surface area (Å²) in [5.41, 5.74) is 1.82. The molecular weight excluding hydrogens is 410 g/mol. The van der Waals surface area contributed by atoms with Gasteiger partial charge < -0.3 is 10.2 Å².